The molecule has 0 fully saturated rings. The highest BCUT2D eigenvalue weighted by Gasteiger charge is 2.06. The molecule has 0 amide bonds. The van der Waals surface area contributed by atoms with Gasteiger partial charge in [0.1, 0.15) is 0 Å². The number of aromatic nitrogens is 1. The Morgan fingerprint density at radius 1 is 1.13 bits per heavy atom. The van der Waals surface area contributed by atoms with Gasteiger partial charge in [-0.1, -0.05) is 12.1 Å². The summed E-state index contributed by atoms with van der Waals surface area (Å²) in [5.41, 5.74) is 6.17. The van der Waals surface area contributed by atoms with Gasteiger partial charge >= 0.3 is 0 Å². The van der Waals surface area contributed by atoms with Gasteiger partial charge in [0.2, 0.25) is 0 Å². The summed E-state index contributed by atoms with van der Waals surface area (Å²) >= 11 is 0. The fraction of sp³-hybridized carbons (Fsp3) is 0. The summed E-state index contributed by atoms with van der Waals surface area (Å²) in [6.07, 6.45) is 7.49. The normalized spacial score (nSPS) is 13.3. The largest absolute Gasteiger partial charge is 0.277 e. The van der Waals surface area contributed by atoms with Crippen molar-refractivity contribution in [3.63, 3.8) is 0 Å². The van der Waals surface area contributed by atoms with Crippen molar-refractivity contribution in [3.8, 4) is 0 Å². The number of hydrogen-bond donors (Lipinski definition) is 1. The second-order valence-electron chi connectivity index (χ2n) is 3.35. The molecule has 15 heavy (non-hydrogen) atoms. The van der Waals surface area contributed by atoms with E-state index >= 15 is 0 Å². The van der Waals surface area contributed by atoms with E-state index in [2.05, 4.69) is 15.5 Å². The number of pyridine rings is 1. The van der Waals surface area contributed by atoms with Crippen LogP contribution in [0.5, 0.6) is 0 Å². The van der Waals surface area contributed by atoms with E-state index in [4.69, 9.17) is 0 Å². The number of benzene rings is 1. The van der Waals surface area contributed by atoms with Crippen LogP contribution in [0.3, 0.4) is 0 Å². The van der Waals surface area contributed by atoms with Crippen molar-refractivity contribution in [2.24, 2.45) is 5.10 Å². The molecular formula is C12H9N3. The van der Waals surface area contributed by atoms with Crippen LogP contribution in [0.4, 0.5) is 5.69 Å². The van der Waals surface area contributed by atoms with Crippen molar-refractivity contribution in [1.82, 2.24) is 4.98 Å². The summed E-state index contributed by atoms with van der Waals surface area (Å²) in [7, 11) is 0. The van der Waals surface area contributed by atoms with E-state index in [1.165, 1.54) is 0 Å². The summed E-state index contributed by atoms with van der Waals surface area (Å²) < 4.78 is 0. The third kappa shape index (κ3) is 1.29. The molecule has 2 heterocycles. The first kappa shape index (κ1) is 8.17. The van der Waals surface area contributed by atoms with Gasteiger partial charge in [0.05, 0.1) is 11.2 Å². The van der Waals surface area contributed by atoms with Crippen LogP contribution in [0.1, 0.15) is 5.56 Å². The van der Waals surface area contributed by atoms with E-state index in [0.29, 0.717) is 0 Å². The van der Waals surface area contributed by atoms with E-state index in [-0.39, 0.29) is 0 Å². The van der Waals surface area contributed by atoms with Crippen molar-refractivity contribution in [1.29, 1.82) is 0 Å². The Labute approximate surface area is 87.1 Å². The lowest BCUT2D eigenvalue weighted by Crippen LogP contribution is -1.92. The lowest BCUT2D eigenvalue weighted by molar-refractivity contribution is 1.35. The van der Waals surface area contributed by atoms with Crippen molar-refractivity contribution in [3.05, 3.63) is 42.1 Å². The van der Waals surface area contributed by atoms with Gasteiger partial charge in [-0.2, -0.15) is 5.10 Å². The Hall–Kier alpha value is -2.16. The number of hydrogen-bond acceptors (Lipinski definition) is 3. The Kier molecular flexibility index (Phi) is 1.75. The highest BCUT2D eigenvalue weighted by molar-refractivity contribution is 5.98. The molecule has 3 heteroatoms. The Morgan fingerprint density at radius 2 is 2.13 bits per heavy atom. The topological polar surface area (TPSA) is 37.3 Å². The molecule has 0 unspecified atom stereocenters. The van der Waals surface area contributed by atoms with Crippen LogP contribution in [0.15, 0.2) is 41.6 Å². The number of nitrogens with zero attached hydrogens (tertiary/aromatic N) is 2. The van der Waals surface area contributed by atoms with Gasteiger partial charge in [-0.25, -0.2) is 0 Å². The average molecular weight is 195 g/mol. The van der Waals surface area contributed by atoms with Gasteiger partial charge < -0.3 is 0 Å². The minimum Gasteiger partial charge on any atom is -0.277 e. The van der Waals surface area contributed by atoms with Crippen LogP contribution >= 0.6 is 0 Å². The molecule has 72 valence electrons. The molecule has 3 nitrogen and oxygen atoms in total. The smallest absolute Gasteiger partial charge is 0.0728 e. The quantitative estimate of drug-likeness (QED) is 0.701. The van der Waals surface area contributed by atoms with E-state index < -0.39 is 0 Å². The Bertz CT molecular complexity index is 570. The SMILES string of the molecule is C1=Cc2ccc3ncccc3c2NN=C1. The van der Waals surface area contributed by atoms with Crippen molar-refractivity contribution >= 4 is 28.9 Å². The molecule has 3 rings (SSSR count). The van der Waals surface area contributed by atoms with Gasteiger partial charge in [-0.15, -0.1) is 0 Å². The van der Waals surface area contributed by atoms with Gasteiger partial charge in [0, 0.05) is 23.4 Å². The molecule has 0 aliphatic carbocycles. The van der Waals surface area contributed by atoms with Gasteiger partial charge in [0.15, 0.2) is 0 Å². The maximum absolute atomic E-state index is 4.30. The third-order valence-electron chi connectivity index (χ3n) is 2.43. The monoisotopic (exact) mass is 195 g/mol. The van der Waals surface area contributed by atoms with Gasteiger partial charge in [-0.05, 0) is 24.3 Å². The first-order chi connectivity index (χ1) is 7.45. The molecule has 0 saturated heterocycles. The zero-order valence-corrected chi connectivity index (χ0v) is 8.01. The number of rotatable bonds is 0. The highest BCUT2D eigenvalue weighted by atomic mass is 15.3. The van der Waals surface area contributed by atoms with Crippen molar-refractivity contribution < 1.29 is 0 Å². The molecule has 0 atom stereocenters. The summed E-state index contributed by atoms with van der Waals surface area (Å²) in [4.78, 5) is 4.30. The first-order valence-electron chi connectivity index (χ1n) is 4.78. The molecule has 1 aliphatic heterocycles. The van der Waals surface area contributed by atoms with Gasteiger partial charge in [-0.3, -0.25) is 10.4 Å². The standard InChI is InChI=1S/C12H9N3/c1-3-9-5-6-11-10(4-2-7-13-11)12(9)15-14-8-1/h1-8,15H. The third-order valence-corrected chi connectivity index (χ3v) is 2.43. The number of nitrogens with one attached hydrogen (secondary N) is 1. The summed E-state index contributed by atoms with van der Waals surface area (Å²) in [6, 6.07) is 8.04. The molecule has 1 aromatic heterocycles. The molecule has 0 radical (unpaired) electrons. The molecule has 2 aromatic rings. The minimum atomic E-state index is 0.981. The van der Waals surface area contributed by atoms with Gasteiger partial charge in [0.25, 0.3) is 0 Å². The molecule has 1 aromatic carbocycles. The Morgan fingerprint density at radius 3 is 3.13 bits per heavy atom. The van der Waals surface area contributed by atoms with Crippen LogP contribution < -0.4 is 5.43 Å². The highest BCUT2D eigenvalue weighted by Crippen LogP contribution is 2.27. The number of hydrazone groups is 1. The predicted molar refractivity (Wildman–Crippen MR) is 62.9 cm³/mol. The van der Waals surface area contributed by atoms with E-state index in [1.807, 2.05) is 36.4 Å². The van der Waals surface area contributed by atoms with Crippen LogP contribution in [0.2, 0.25) is 0 Å². The zero-order chi connectivity index (χ0) is 10.1. The number of anilines is 1. The maximum atomic E-state index is 4.30. The summed E-state index contributed by atoms with van der Waals surface area (Å²) in [5.74, 6) is 0. The second-order valence-corrected chi connectivity index (χ2v) is 3.35. The maximum Gasteiger partial charge on any atom is 0.0728 e. The minimum absolute atomic E-state index is 0.981. The van der Waals surface area contributed by atoms with Crippen LogP contribution in [-0.2, 0) is 0 Å². The second kappa shape index (κ2) is 3.20. The number of allylic oxidation sites excluding steroid dienone is 1. The Balaban J connectivity index is 2.38. The predicted octanol–water partition coefficient (Wildman–Crippen LogP) is 2.66. The molecule has 1 N–H and O–H groups in total. The lowest BCUT2D eigenvalue weighted by Gasteiger charge is -2.07. The van der Waals surface area contributed by atoms with Crippen molar-refractivity contribution in [2.75, 3.05) is 5.43 Å². The molecule has 0 bridgehead atoms. The average Bonchev–Trinajstić information content (AvgIpc) is 2.54. The van der Waals surface area contributed by atoms with Crippen LogP contribution in [0, 0.1) is 0 Å². The molecule has 1 aliphatic rings. The fourth-order valence-electron chi connectivity index (χ4n) is 1.72. The van der Waals surface area contributed by atoms with E-state index in [0.717, 1.165) is 22.2 Å². The summed E-state index contributed by atoms with van der Waals surface area (Å²) in [5, 5.41) is 5.17. The van der Waals surface area contributed by atoms with Crippen molar-refractivity contribution in [2.45, 2.75) is 0 Å². The first-order valence-corrected chi connectivity index (χ1v) is 4.78. The molecule has 0 saturated carbocycles. The lowest BCUT2D eigenvalue weighted by atomic mass is 10.1. The zero-order valence-electron chi connectivity index (χ0n) is 8.01. The van der Waals surface area contributed by atoms with Crippen LogP contribution in [-0.4, -0.2) is 11.2 Å². The van der Waals surface area contributed by atoms with E-state index in [1.54, 1.807) is 12.4 Å². The molecule has 0 spiro atoms. The summed E-state index contributed by atoms with van der Waals surface area (Å²) in [6.45, 7) is 0. The number of fused-ring (bicyclic) bond motifs is 3. The van der Waals surface area contributed by atoms with Crippen LogP contribution in [0.25, 0.3) is 17.0 Å². The van der Waals surface area contributed by atoms with E-state index in [9.17, 15) is 0 Å². The molecular weight excluding hydrogens is 186 g/mol. The fourth-order valence-corrected chi connectivity index (χ4v) is 1.72.